The molecule has 4 rings (SSSR count). The minimum absolute atomic E-state index is 0.0434. The number of rotatable bonds is 9. The smallest absolute Gasteiger partial charge is 0.375 e. The van der Waals surface area contributed by atoms with Crippen LogP contribution >= 0.6 is 0 Å². The van der Waals surface area contributed by atoms with E-state index in [0.717, 1.165) is 5.69 Å². The average molecular weight is 589 g/mol. The quantitative estimate of drug-likeness (QED) is 0.363. The van der Waals surface area contributed by atoms with E-state index in [4.69, 9.17) is 4.74 Å². The van der Waals surface area contributed by atoms with Gasteiger partial charge >= 0.3 is 12.4 Å². The molecule has 222 valence electrons. The Hall–Kier alpha value is -3.56. The molecule has 2 atom stereocenters. The molecule has 0 radical (unpaired) electrons. The highest BCUT2D eigenvalue weighted by atomic mass is 19.4. The van der Waals surface area contributed by atoms with E-state index in [0.29, 0.717) is 29.9 Å². The first kappa shape index (κ1) is 30.4. The molecule has 0 bridgehead atoms. The minimum atomic E-state index is -4.99. The zero-order valence-corrected chi connectivity index (χ0v) is 22.0. The predicted molar refractivity (Wildman–Crippen MR) is 131 cm³/mol. The molecule has 15 heteroatoms. The monoisotopic (exact) mass is 588 g/mol. The lowest BCUT2D eigenvalue weighted by Crippen LogP contribution is -2.57. The topological polar surface area (TPSA) is 86.4 Å². The number of carbonyl (C=O) groups is 1. The first-order valence-electron chi connectivity index (χ1n) is 12.4. The Labute approximate surface area is 230 Å². The summed E-state index contributed by atoms with van der Waals surface area (Å²) in [6, 6.07) is 5.41. The van der Waals surface area contributed by atoms with E-state index in [1.54, 1.807) is 4.90 Å². The second-order valence-corrected chi connectivity index (χ2v) is 9.98. The van der Waals surface area contributed by atoms with Crippen molar-refractivity contribution in [2.45, 2.75) is 44.1 Å². The van der Waals surface area contributed by atoms with Gasteiger partial charge in [-0.25, -0.2) is 4.39 Å². The number of nitrogens with zero attached hydrogens (tertiary/aromatic N) is 4. The molecule has 0 spiro atoms. The molecule has 1 aliphatic rings. The zero-order valence-electron chi connectivity index (χ0n) is 22.0. The Balaban J connectivity index is 1.58. The van der Waals surface area contributed by atoms with Gasteiger partial charge in [-0.15, -0.1) is 5.10 Å². The third-order valence-corrected chi connectivity index (χ3v) is 6.42. The highest BCUT2D eigenvalue weighted by Gasteiger charge is 2.38. The number of alkyl halides is 6. The SMILES string of the molecule is CN(C)Cc1[nH]nnc1CN1CC(=O)N[C@H](COCc2cc(C(F)(F)F)cc(C(F)(F)F)c2)[C@@H]1c1ccc(F)cc1. The molecule has 2 aromatic carbocycles. The summed E-state index contributed by atoms with van der Waals surface area (Å²) in [5, 5.41) is 13.6. The van der Waals surface area contributed by atoms with Crippen LogP contribution in [0.3, 0.4) is 0 Å². The molecule has 0 saturated carbocycles. The third kappa shape index (κ3) is 7.80. The maximum atomic E-state index is 13.7. The van der Waals surface area contributed by atoms with Gasteiger partial charge in [0.25, 0.3) is 0 Å². The van der Waals surface area contributed by atoms with Gasteiger partial charge in [0.2, 0.25) is 5.91 Å². The molecule has 2 N–H and O–H groups in total. The number of hydrogen-bond acceptors (Lipinski definition) is 6. The van der Waals surface area contributed by atoms with Gasteiger partial charge in [0, 0.05) is 13.1 Å². The lowest BCUT2D eigenvalue weighted by atomic mass is 9.95. The lowest BCUT2D eigenvalue weighted by Gasteiger charge is -2.41. The van der Waals surface area contributed by atoms with Crippen LogP contribution in [-0.4, -0.2) is 64.4 Å². The Morgan fingerprint density at radius 2 is 1.66 bits per heavy atom. The summed E-state index contributed by atoms with van der Waals surface area (Å²) in [5.41, 5.74) is -1.33. The summed E-state index contributed by atoms with van der Waals surface area (Å²) in [5.74, 6) is -0.865. The van der Waals surface area contributed by atoms with Crippen LogP contribution in [0, 0.1) is 5.82 Å². The van der Waals surface area contributed by atoms with Crippen LogP contribution in [0.15, 0.2) is 42.5 Å². The van der Waals surface area contributed by atoms with Gasteiger partial charge in [-0.05, 0) is 55.6 Å². The number of halogens is 7. The molecule has 1 amide bonds. The van der Waals surface area contributed by atoms with Crippen molar-refractivity contribution < 1.29 is 40.3 Å². The van der Waals surface area contributed by atoms with E-state index in [2.05, 4.69) is 20.7 Å². The predicted octanol–water partition coefficient (Wildman–Crippen LogP) is 4.30. The molecule has 0 aliphatic carbocycles. The van der Waals surface area contributed by atoms with Gasteiger partial charge in [-0.2, -0.15) is 26.3 Å². The maximum Gasteiger partial charge on any atom is 0.416 e. The van der Waals surface area contributed by atoms with Gasteiger partial charge < -0.3 is 15.0 Å². The van der Waals surface area contributed by atoms with E-state index in [9.17, 15) is 35.5 Å². The molecule has 2 heterocycles. The summed E-state index contributed by atoms with van der Waals surface area (Å²) in [4.78, 5) is 16.4. The van der Waals surface area contributed by atoms with Crippen molar-refractivity contribution >= 4 is 5.91 Å². The molecule has 1 saturated heterocycles. The van der Waals surface area contributed by atoms with Crippen molar-refractivity contribution in [1.82, 2.24) is 30.5 Å². The second-order valence-electron chi connectivity index (χ2n) is 9.98. The van der Waals surface area contributed by atoms with Crippen LogP contribution in [0.2, 0.25) is 0 Å². The van der Waals surface area contributed by atoms with Gasteiger partial charge in [0.05, 0.1) is 48.7 Å². The van der Waals surface area contributed by atoms with Crippen molar-refractivity contribution in [2.24, 2.45) is 0 Å². The lowest BCUT2D eigenvalue weighted by molar-refractivity contribution is -0.143. The highest BCUT2D eigenvalue weighted by molar-refractivity contribution is 5.79. The fraction of sp³-hybridized carbons (Fsp3) is 0.423. The van der Waals surface area contributed by atoms with Crippen LogP contribution in [0.5, 0.6) is 0 Å². The third-order valence-electron chi connectivity index (χ3n) is 6.42. The summed E-state index contributed by atoms with van der Waals surface area (Å²) in [6.07, 6.45) is -9.98. The summed E-state index contributed by atoms with van der Waals surface area (Å²) in [6.45, 7) is -0.229. The molecule has 1 aliphatic heterocycles. The number of piperazine rings is 1. The number of H-pyrrole nitrogens is 1. The fourth-order valence-corrected chi connectivity index (χ4v) is 4.70. The molecule has 8 nitrogen and oxygen atoms in total. The van der Waals surface area contributed by atoms with E-state index in [1.165, 1.54) is 24.3 Å². The van der Waals surface area contributed by atoms with Gasteiger partial charge in [0.1, 0.15) is 11.5 Å². The summed E-state index contributed by atoms with van der Waals surface area (Å²) in [7, 11) is 3.71. The highest BCUT2D eigenvalue weighted by Crippen LogP contribution is 2.37. The maximum absolute atomic E-state index is 13.7. The second kappa shape index (κ2) is 12.1. The van der Waals surface area contributed by atoms with Gasteiger partial charge in [-0.3, -0.25) is 14.8 Å². The van der Waals surface area contributed by atoms with Crippen LogP contribution in [0.25, 0.3) is 0 Å². The number of amides is 1. The Bertz CT molecular complexity index is 1310. The molecular formula is C26H27F7N6O2. The summed E-state index contributed by atoms with van der Waals surface area (Å²) >= 11 is 0. The Kier molecular flexibility index (Phi) is 8.99. The Morgan fingerprint density at radius 3 is 2.24 bits per heavy atom. The number of aromatic amines is 1. The van der Waals surface area contributed by atoms with Crippen molar-refractivity contribution in [1.29, 1.82) is 0 Å². The van der Waals surface area contributed by atoms with Crippen molar-refractivity contribution in [3.05, 3.63) is 81.9 Å². The minimum Gasteiger partial charge on any atom is -0.375 e. The zero-order chi connectivity index (χ0) is 29.9. The standard InChI is InChI=1S/C26H27F7N6O2/c1-38(2)10-20-21(36-37-35-20)11-39-12-23(40)34-22(24(39)16-3-5-19(27)6-4-16)14-41-13-15-7-17(25(28,29)30)9-18(8-15)26(31,32)33/h3-9,22,24H,10-14H2,1-2H3,(H,34,40)(H,35,36,37)/t22-,24+/m1/s1. The molecule has 1 aromatic heterocycles. The van der Waals surface area contributed by atoms with Crippen molar-refractivity contribution in [3.8, 4) is 0 Å². The van der Waals surface area contributed by atoms with Crippen molar-refractivity contribution in [3.63, 3.8) is 0 Å². The van der Waals surface area contributed by atoms with E-state index >= 15 is 0 Å². The molecule has 41 heavy (non-hydrogen) atoms. The number of benzene rings is 2. The van der Waals surface area contributed by atoms with E-state index in [-0.39, 0.29) is 37.2 Å². The fourth-order valence-electron chi connectivity index (χ4n) is 4.70. The molecule has 1 fully saturated rings. The number of ether oxygens (including phenoxy) is 1. The number of hydrogen-bond donors (Lipinski definition) is 2. The molecular weight excluding hydrogens is 561 g/mol. The molecule has 0 unspecified atom stereocenters. The first-order valence-corrected chi connectivity index (χ1v) is 12.4. The van der Waals surface area contributed by atoms with Crippen LogP contribution in [-0.2, 0) is 41.6 Å². The number of carbonyl (C=O) groups excluding carboxylic acids is 1. The van der Waals surface area contributed by atoms with Crippen molar-refractivity contribution in [2.75, 3.05) is 27.2 Å². The largest absolute Gasteiger partial charge is 0.416 e. The van der Waals surface area contributed by atoms with E-state index in [1.807, 2.05) is 19.0 Å². The van der Waals surface area contributed by atoms with Crippen LogP contribution in [0.1, 0.15) is 39.7 Å². The normalized spacial score (nSPS) is 18.6. The van der Waals surface area contributed by atoms with Gasteiger partial charge in [0.15, 0.2) is 0 Å². The Morgan fingerprint density at radius 1 is 1.02 bits per heavy atom. The molecule has 3 aromatic rings. The van der Waals surface area contributed by atoms with E-state index < -0.39 is 48.0 Å². The van der Waals surface area contributed by atoms with Crippen LogP contribution < -0.4 is 5.32 Å². The first-order chi connectivity index (χ1) is 19.2. The van der Waals surface area contributed by atoms with Gasteiger partial charge in [-0.1, -0.05) is 17.3 Å². The number of nitrogens with one attached hydrogen (secondary N) is 2. The average Bonchev–Trinajstić information content (AvgIpc) is 3.29. The van der Waals surface area contributed by atoms with Crippen LogP contribution in [0.4, 0.5) is 30.7 Å². The summed E-state index contributed by atoms with van der Waals surface area (Å²) < 4.78 is 98.8. The number of aromatic nitrogens is 3.